The van der Waals surface area contributed by atoms with Crippen molar-refractivity contribution in [2.24, 2.45) is 0 Å². The summed E-state index contributed by atoms with van der Waals surface area (Å²) in [5.41, 5.74) is 4.94. The third kappa shape index (κ3) is 4.91. The molecule has 0 radical (unpaired) electrons. The van der Waals surface area contributed by atoms with Gasteiger partial charge in [-0.3, -0.25) is 5.10 Å². The number of aryl methyl sites for hydroxylation is 3. The van der Waals surface area contributed by atoms with E-state index in [9.17, 15) is 5.11 Å². The van der Waals surface area contributed by atoms with E-state index in [1.165, 1.54) is 0 Å². The molecule has 1 aliphatic rings. The van der Waals surface area contributed by atoms with Gasteiger partial charge in [0.2, 0.25) is 0 Å². The van der Waals surface area contributed by atoms with Crippen LogP contribution in [0.2, 0.25) is 0 Å². The van der Waals surface area contributed by atoms with Crippen molar-refractivity contribution in [2.75, 3.05) is 48.8 Å². The van der Waals surface area contributed by atoms with Gasteiger partial charge in [-0.25, -0.2) is 4.98 Å². The van der Waals surface area contributed by atoms with Crippen molar-refractivity contribution in [1.29, 1.82) is 0 Å². The van der Waals surface area contributed by atoms with Crippen LogP contribution >= 0.6 is 0 Å². The molecule has 1 aromatic carbocycles. The molecule has 8 nitrogen and oxygen atoms in total. The predicted octanol–water partition coefficient (Wildman–Crippen LogP) is 3.54. The first-order chi connectivity index (χ1) is 14.9. The molecule has 1 aliphatic heterocycles. The van der Waals surface area contributed by atoms with Gasteiger partial charge in [-0.2, -0.15) is 5.10 Å². The number of aromatic amines is 1. The van der Waals surface area contributed by atoms with E-state index in [0.29, 0.717) is 12.3 Å². The maximum absolute atomic E-state index is 9.92. The maximum atomic E-state index is 9.92. The van der Waals surface area contributed by atoms with E-state index in [2.05, 4.69) is 50.7 Å². The van der Waals surface area contributed by atoms with Gasteiger partial charge < -0.3 is 25.5 Å². The molecule has 0 spiro atoms. The highest BCUT2D eigenvalue weighted by Gasteiger charge is 2.17. The fourth-order valence-corrected chi connectivity index (χ4v) is 3.96. The highest BCUT2D eigenvalue weighted by Crippen LogP contribution is 2.25. The van der Waals surface area contributed by atoms with Crippen molar-refractivity contribution < 1.29 is 5.11 Å². The number of H-pyrrole nitrogens is 1. The van der Waals surface area contributed by atoms with Crippen molar-refractivity contribution in [2.45, 2.75) is 27.3 Å². The number of phenols is 1. The van der Waals surface area contributed by atoms with Crippen LogP contribution in [0.15, 0.2) is 30.5 Å². The fraction of sp³-hybridized carbons (Fsp3) is 0.391. The van der Waals surface area contributed by atoms with Crippen molar-refractivity contribution in [3.63, 3.8) is 0 Å². The zero-order valence-corrected chi connectivity index (χ0v) is 18.7. The Labute approximate surface area is 183 Å². The molecule has 0 aliphatic carbocycles. The first-order valence-corrected chi connectivity index (χ1v) is 10.6. The molecular weight excluding hydrogens is 390 g/mol. The number of hydrogen-bond acceptors (Lipinski definition) is 7. The molecule has 0 bridgehead atoms. The Bertz CT molecular complexity index is 1030. The summed E-state index contributed by atoms with van der Waals surface area (Å²) in [6.07, 6.45) is 1.87. The number of aromatic hydroxyl groups is 1. The Balaban J connectivity index is 1.37. The van der Waals surface area contributed by atoms with E-state index in [-0.39, 0.29) is 0 Å². The summed E-state index contributed by atoms with van der Waals surface area (Å²) in [7, 11) is 2.16. The first kappa shape index (κ1) is 21.0. The standard InChI is InChI=1S/C23H31N7O/c1-15-9-18(10-16(2)22(15)31)13-24-20-12-21(28-27-20)26-19-11-17(3)23(25-14-19)30-7-5-29(4)6-8-30/h9-12,14,31H,5-8,13H2,1-4H3,(H3,24,26,27,28). The molecule has 3 heterocycles. The summed E-state index contributed by atoms with van der Waals surface area (Å²) < 4.78 is 0. The zero-order chi connectivity index (χ0) is 22.0. The number of pyridine rings is 1. The Hall–Kier alpha value is -3.26. The smallest absolute Gasteiger partial charge is 0.150 e. The summed E-state index contributed by atoms with van der Waals surface area (Å²) in [5.74, 6) is 2.97. The monoisotopic (exact) mass is 421 g/mol. The van der Waals surface area contributed by atoms with Crippen LogP contribution in [0, 0.1) is 20.8 Å². The number of phenolic OH excluding ortho intramolecular Hbond substituents is 1. The number of anilines is 4. The topological polar surface area (TPSA) is 92.3 Å². The minimum absolute atomic E-state index is 0.359. The van der Waals surface area contributed by atoms with E-state index in [1.54, 1.807) is 0 Å². The minimum atomic E-state index is 0.359. The van der Waals surface area contributed by atoms with Gasteiger partial charge in [0, 0.05) is 38.8 Å². The van der Waals surface area contributed by atoms with Gasteiger partial charge in [0.05, 0.1) is 11.9 Å². The molecule has 8 heteroatoms. The van der Waals surface area contributed by atoms with Gasteiger partial charge in [0.1, 0.15) is 23.2 Å². The van der Waals surface area contributed by atoms with Crippen molar-refractivity contribution in [3.8, 4) is 5.75 Å². The fourth-order valence-electron chi connectivity index (χ4n) is 3.96. The number of nitrogens with one attached hydrogen (secondary N) is 3. The van der Waals surface area contributed by atoms with Crippen LogP contribution < -0.4 is 15.5 Å². The second-order valence-corrected chi connectivity index (χ2v) is 8.38. The van der Waals surface area contributed by atoms with Crippen molar-refractivity contribution in [1.82, 2.24) is 20.1 Å². The van der Waals surface area contributed by atoms with E-state index in [1.807, 2.05) is 38.2 Å². The number of benzene rings is 1. The molecule has 4 N–H and O–H groups in total. The average Bonchev–Trinajstić information content (AvgIpc) is 3.18. The Morgan fingerprint density at radius 3 is 2.39 bits per heavy atom. The van der Waals surface area contributed by atoms with Crippen LogP contribution in [0.3, 0.4) is 0 Å². The van der Waals surface area contributed by atoms with E-state index in [0.717, 1.165) is 71.6 Å². The highest BCUT2D eigenvalue weighted by molar-refractivity contribution is 5.62. The summed E-state index contributed by atoms with van der Waals surface area (Å²) in [5, 5.41) is 23.9. The van der Waals surface area contributed by atoms with Crippen LogP contribution in [-0.4, -0.2) is 58.4 Å². The highest BCUT2D eigenvalue weighted by atomic mass is 16.3. The van der Waals surface area contributed by atoms with Crippen molar-refractivity contribution >= 4 is 23.1 Å². The number of piperazine rings is 1. The van der Waals surface area contributed by atoms with Gasteiger partial charge in [-0.1, -0.05) is 12.1 Å². The van der Waals surface area contributed by atoms with E-state index >= 15 is 0 Å². The second-order valence-electron chi connectivity index (χ2n) is 8.38. The lowest BCUT2D eigenvalue weighted by molar-refractivity contribution is 0.312. The third-order valence-electron chi connectivity index (χ3n) is 5.73. The maximum Gasteiger partial charge on any atom is 0.150 e. The molecule has 0 saturated carbocycles. The van der Waals surface area contributed by atoms with Crippen LogP contribution in [0.5, 0.6) is 5.75 Å². The van der Waals surface area contributed by atoms with Crippen LogP contribution in [-0.2, 0) is 6.54 Å². The van der Waals surface area contributed by atoms with Crippen LogP contribution in [0.25, 0.3) is 0 Å². The molecule has 4 rings (SSSR count). The minimum Gasteiger partial charge on any atom is -0.507 e. The molecule has 1 fully saturated rings. The number of aromatic nitrogens is 3. The van der Waals surface area contributed by atoms with Gasteiger partial charge in [0.15, 0.2) is 0 Å². The Morgan fingerprint density at radius 2 is 1.71 bits per heavy atom. The zero-order valence-electron chi connectivity index (χ0n) is 18.7. The van der Waals surface area contributed by atoms with Gasteiger partial charge in [-0.05, 0) is 56.1 Å². The van der Waals surface area contributed by atoms with Gasteiger partial charge in [-0.15, -0.1) is 0 Å². The first-order valence-electron chi connectivity index (χ1n) is 10.6. The molecule has 0 amide bonds. The van der Waals surface area contributed by atoms with Gasteiger partial charge >= 0.3 is 0 Å². The van der Waals surface area contributed by atoms with E-state index < -0.39 is 0 Å². The Morgan fingerprint density at radius 1 is 1.00 bits per heavy atom. The number of hydrogen-bond donors (Lipinski definition) is 4. The van der Waals surface area contributed by atoms with E-state index in [4.69, 9.17) is 4.98 Å². The third-order valence-corrected chi connectivity index (χ3v) is 5.73. The SMILES string of the molecule is Cc1cc(Nc2cc(NCc3cc(C)c(O)c(C)c3)n[nH]2)cnc1N1CCN(C)CC1. The quantitative estimate of drug-likeness (QED) is 0.484. The molecule has 0 atom stereocenters. The summed E-state index contributed by atoms with van der Waals surface area (Å²) in [4.78, 5) is 9.40. The predicted molar refractivity (Wildman–Crippen MR) is 125 cm³/mol. The largest absolute Gasteiger partial charge is 0.507 e. The molecule has 31 heavy (non-hydrogen) atoms. The number of likely N-dealkylation sites (N-methyl/N-ethyl adjacent to an activating group) is 1. The van der Waals surface area contributed by atoms with Gasteiger partial charge in [0.25, 0.3) is 0 Å². The molecule has 1 saturated heterocycles. The lowest BCUT2D eigenvalue weighted by Crippen LogP contribution is -2.45. The summed E-state index contributed by atoms with van der Waals surface area (Å²) in [6.45, 7) is 10.7. The lowest BCUT2D eigenvalue weighted by atomic mass is 10.1. The Kier molecular flexibility index (Phi) is 5.99. The van der Waals surface area contributed by atoms with Crippen LogP contribution in [0.4, 0.5) is 23.1 Å². The number of rotatable bonds is 6. The van der Waals surface area contributed by atoms with Crippen molar-refractivity contribution in [3.05, 3.63) is 52.7 Å². The summed E-state index contributed by atoms with van der Waals surface area (Å²) in [6, 6.07) is 8.02. The molecule has 3 aromatic rings. The normalized spacial score (nSPS) is 14.6. The molecule has 164 valence electrons. The lowest BCUT2D eigenvalue weighted by Gasteiger charge is -2.34. The molecular formula is C23H31N7O. The average molecular weight is 422 g/mol. The van der Waals surface area contributed by atoms with Crippen LogP contribution in [0.1, 0.15) is 22.3 Å². The second kappa shape index (κ2) is 8.85. The summed E-state index contributed by atoms with van der Waals surface area (Å²) >= 11 is 0. The molecule has 2 aromatic heterocycles. The number of nitrogens with zero attached hydrogens (tertiary/aromatic N) is 4. The molecule has 0 unspecified atom stereocenters.